The fraction of sp³-hybridized carbons (Fsp3) is 0.130. The summed E-state index contributed by atoms with van der Waals surface area (Å²) in [6.45, 7) is 0.310. The average Bonchev–Trinajstić information content (AvgIpc) is 3.57. The maximum Gasteiger partial charge on any atom is 0.319 e. The molecule has 2 N–H and O–H groups in total. The van der Waals surface area contributed by atoms with E-state index in [0.29, 0.717) is 29.9 Å². The van der Waals surface area contributed by atoms with E-state index >= 15 is 0 Å². The highest BCUT2D eigenvalue weighted by molar-refractivity contribution is 7.09. The third kappa shape index (κ3) is 4.55. The van der Waals surface area contributed by atoms with E-state index in [1.54, 1.807) is 17.0 Å². The number of hydrogen-bond acceptors (Lipinski definition) is 8. The zero-order valence-corrected chi connectivity index (χ0v) is 18.7. The highest BCUT2D eigenvalue weighted by Crippen LogP contribution is 2.28. The van der Waals surface area contributed by atoms with Crippen LogP contribution in [0.3, 0.4) is 0 Å². The maximum atomic E-state index is 12.3. The number of hydrogen-bond donors (Lipinski definition) is 2. The number of nitrogens with one attached hydrogen (secondary N) is 2. The molecule has 10 heteroatoms. The zero-order valence-electron chi connectivity index (χ0n) is 17.9. The van der Waals surface area contributed by atoms with Crippen molar-refractivity contribution in [2.24, 2.45) is 0 Å². The van der Waals surface area contributed by atoms with Gasteiger partial charge in [-0.1, -0.05) is 23.3 Å². The molecular formula is C23H20N6O3S. The molecule has 2 aromatic carbocycles. The maximum absolute atomic E-state index is 12.3. The topological polar surface area (TPSA) is 109 Å². The molecule has 0 atom stereocenters. The van der Waals surface area contributed by atoms with Gasteiger partial charge in [-0.2, -0.15) is 0 Å². The standard InChI is InChI=1S/C23H20N6O3S/c1-29(2)23-28-27-21(32-23)14-7-9-16(10-8-14)25-22(30)24-12-20-26-17(13-33-20)19-11-15-5-3-4-6-18(15)31-19/h3-11,13H,12H2,1-2H3,(H2,24,25,30). The Morgan fingerprint density at radius 1 is 1.06 bits per heavy atom. The minimum absolute atomic E-state index is 0.310. The molecule has 166 valence electrons. The molecule has 5 aromatic rings. The van der Waals surface area contributed by atoms with Crippen LogP contribution in [-0.4, -0.2) is 35.3 Å². The van der Waals surface area contributed by atoms with Crippen LogP contribution in [0.25, 0.3) is 33.9 Å². The second-order valence-electron chi connectivity index (χ2n) is 7.44. The van der Waals surface area contributed by atoms with Crippen LogP contribution < -0.4 is 15.5 Å². The average molecular weight is 461 g/mol. The van der Waals surface area contributed by atoms with Gasteiger partial charge in [0.25, 0.3) is 0 Å². The molecule has 5 rings (SSSR count). The number of furan rings is 1. The van der Waals surface area contributed by atoms with Crippen molar-refractivity contribution in [2.45, 2.75) is 6.54 Å². The van der Waals surface area contributed by atoms with Gasteiger partial charge in [-0.25, -0.2) is 9.78 Å². The van der Waals surface area contributed by atoms with Crippen molar-refractivity contribution in [3.05, 3.63) is 65.0 Å². The van der Waals surface area contributed by atoms with Gasteiger partial charge in [0, 0.05) is 36.1 Å². The number of nitrogens with zero attached hydrogens (tertiary/aromatic N) is 4. The Kier molecular flexibility index (Phi) is 5.49. The smallest absolute Gasteiger partial charge is 0.319 e. The summed E-state index contributed by atoms with van der Waals surface area (Å²) < 4.78 is 11.4. The number of carbonyl (C=O) groups is 1. The molecule has 0 aliphatic carbocycles. The zero-order chi connectivity index (χ0) is 22.8. The fourth-order valence-electron chi connectivity index (χ4n) is 3.15. The van der Waals surface area contributed by atoms with Crippen LogP contribution in [0, 0.1) is 0 Å². The van der Waals surface area contributed by atoms with E-state index in [0.717, 1.165) is 27.2 Å². The predicted octanol–water partition coefficient (Wildman–Crippen LogP) is 4.99. The Labute approximate surface area is 193 Å². The molecule has 3 heterocycles. The summed E-state index contributed by atoms with van der Waals surface area (Å²) in [7, 11) is 3.66. The molecule has 0 bridgehead atoms. The number of para-hydroxylation sites is 1. The van der Waals surface area contributed by atoms with E-state index in [1.807, 2.05) is 61.9 Å². The molecule has 0 aliphatic rings. The first-order chi connectivity index (χ1) is 16.0. The Hall–Kier alpha value is -4.18. The molecule has 9 nitrogen and oxygen atoms in total. The lowest BCUT2D eigenvalue weighted by Crippen LogP contribution is -2.28. The molecular weight excluding hydrogens is 440 g/mol. The van der Waals surface area contributed by atoms with Crippen molar-refractivity contribution in [2.75, 3.05) is 24.3 Å². The first kappa shape index (κ1) is 20.7. The van der Waals surface area contributed by atoms with Crippen LogP contribution in [0.4, 0.5) is 16.5 Å². The molecule has 3 aromatic heterocycles. The minimum Gasteiger partial charge on any atom is -0.454 e. The number of rotatable bonds is 6. The Balaban J connectivity index is 1.17. The van der Waals surface area contributed by atoms with Crippen LogP contribution in [-0.2, 0) is 6.54 Å². The van der Waals surface area contributed by atoms with Crippen LogP contribution in [0.1, 0.15) is 5.01 Å². The first-order valence-electron chi connectivity index (χ1n) is 10.1. The largest absolute Gasteiger partial charge is 0.454 e. The number of aromatic nitrogens is 3. The quantitative estimate of drug-likeness (QED) is 0.367. The third-order valence-electron chi connectivity index (χ3n) is 4.82. The summed E-state index contributed by atoms with van der Waals surface area (Å²) in [4.78, 5) is 18.6. The summed E-state index contributed by atoms with van der Waals surface area (Å²) in [5.74, 6) is 1.13. The molecule has 33 heavy (non-hydrogen) atoms. The molecule has 0 saturated heterocycles. The van der Waals surface area contributed by atoms with Crippen molar-refractivity contribution in [1.82, 2.24) is 20.5 Å². The van der Waals surface area contributed by atoms with Gasteiger partial charge in [-0.15, -0.1) is 16.4 Å². The normalized spacial score (nSPS) is 11.0. The van der Waals surface area contributed by atoms with E-state index in [1.165, 1.54) is 11.3 Å². The summed E-state index contributed by atoms with van der Waals surface area (Å²) >= 11 is 1.47. The lowest BCUT2D eigenvalue weighted by atomic mass is 10.2. The number of benzene rings is 2. The van der Waals surface area contributed by atoms with E-state index in [2.05, 4.69) is 25.8 Å². The highest BCUT2D eigenvalue weighted by Gasteiger charge is 2.12. The summed E-state index contributed by atoms with van der Waals surface area (Å²) in [5, 5.41) is 17.4. The van der Waals surface area contributed by atoms with Gasteiger partial charge in [-0.3, -0.25) is 0 Å². The minimum atomic E-state index is -0.323. The van der Waals surface area contributed by atoms with E-state index in [-0.39, 0.29) is 6.03 Å². The summed E-state index contributed by atoms with van der Waals surface area (Å²) in [6, 6.07) is 17.1. The fourth-order valence-corrected chi connectivity index (χ4v) is 3.88. The second-order valence-corrected chi connectivity index (χ2v) is 8.39. The van der Waals surface area contributed by atoms with E-state index in [9.17, 15) is 4.79 Å². The van der Waals surface area contributed by atoms with Gasteiger partial charge in [0.2, 0.25) is 5.89 Å². The lowest BCUT2D eigenvalue weighted by Gasteiger charge is -2.07. The van der Waals surface area contributed by atoms with Crippen molar-refractivity contribution in [3.8, 4) is 22.9 Å². The molecule has 0 fully saturated rings. The van der Waals surface area contributed by atoms with Crippen LogP contribution >= 0.6 is 11.3 Å². The van der Waals surface area contributed by atoms with Crippen molar-refractivity contribution < 1.29 is 13.6 Å². The van der Waals surface area contributed by atoms with Crippen molar-refractivity contribution in [1.29, 1.82) is 0 Å². The number of anilines is 2. The summed E-state index contributed by atoms with van der Waals surface area (Å²) in [6.07, 6.45) is 0. The van der Waals surface area contributed by atoms with Gasteiger partial charge >= 0.3 is 12.0 Å². The molecule has 0 aliphatic heterocycles. The Morgan fingerprint density at radius 3 is 2.64 bits per heavy atom. The number of fused-ring (bicyclic) bond motifs is 1. The van der Waals surface area contributed by atoms with Gasteiger partial charge in [0.1, 0.15) is 16.3 Å². The van der Waals surface area contributed by atoms with Crippen LogP contribution in [0.15, 0.2) is 68.8 Å². The van der Waals surface area contributed by atoms with E-state index in [4.69, 9.17) is 8.83 Å². The number of thiazole rings is 1. The number of amides is 2. The molecule has 0 saturated carbocycles. The van der Waals surface area contributed by atoms with E-state index < -0.39 is 0 Å². The van der Waals surface area contributed by atoms with Crippen LogP contribution in [0.5, 0.6) is 0 Å². The Bertz CT molecular complexity index is 1370. The Morgan fingerprint density at radius 2 is 1.88 bits per heavy atom. The third-order valence-corrected chi connectivity index (χ3v) is 5.67. The second kappa shape index (κ2) is 8.75. The number of carbonyl (C=O) groups excluding carboxylic acids is 1. The molecule has 0 unspecified atom stereocenters. The predicted molar refractivity (Wildman–Crippen MR) is 127 cm³/mol. The molecule has 0 radical (unpaired) electrons. The van der Waals surface area contributed by atoms with Crippen LogP contribution in [0.2, 0.25) is 0 Å². The highest BCUT2D eigenvalue weighted by atomic mass is 32.1. The molecule has 0 spiro atoms. The monoisotopic (exact) mass is 460 g/mol. The van der Waals surface area contributed by atoms with Gasteiger partial charge in [0.15, 0.2) is 5.76 Å². The lowest BCUT2D eigenvalue weighted by molar-refractivity contribution is 0.251. The van der Waals surface area contributed by atoms with Crippen molar-refractivity contribution in [3.63, 3.8) is 0 Å². The number of urea groups is 1. The van der Waals surface area contributed by atoms with Gasteiger partial charge in [-0.05, 0) is 36.4 Å². The van der Waals surface area contributed by atoms with Gasteiger partial charge < -0.3 is 24.4 Å². The first-order valence-corrected chi connectivity index (χ1v) is 11.0. The summed E-state index contributed by atoms with van der Waals surface area (Å²) in [5.41, 5.74) is 2.98. The van der Waals surface area contributed by atoms with Gasteiger partial charge in [0.05, 0.1) is 6.54 Å². The SMILES string of the molecule is CN(C)c1nnc(-c2ccc(NC(=O)NCc3nc(-c4cc5ccccc5o4)cs3)cc2)o1. The van der Waals surface area contributed by atoms with Crippen molar-refractivity contribution >= 4 is 40.0 Å². The molecule has 2 amide bonds.